The summed E-state index contributed by atoms with van der Waals surface area (Å²) in [7, 11) is 4.18. The van der Waals surface area contributed by atoms with E-state index in [2.05, 4.69) is 24.3 Å². The number of fused-ring (bicyclic) bond motifs is 1. The molecule has 3 rings (SSSR count). The summed E-state index contributed by atoms with van der Waals surface area (Å²) in [6.45, 7) is 1.97. The lowest BCUT2D eigenvalue weighted by atomic mass is 10.1. The van der Waals surface area contributed by atoms with Crippen LogP contribution >= 0.6 is 11.6 Å². The number of halogens is 2. The van der Waals surface area contributed by atoms with Gasteiger partial charge in [0.05, 0.1) is 11.2 Å². The van der Waals surface area contributed by atoms with Crippen LogP contribution in [-0.4, -0.2) is 37.1 Å². The topological polar surface area (TPSA) is 28.2 Å². The Morgan fingerprint density at radius 3 is 2.57 bits per heavy atom. The van der Waals surface area contributed by atoms with Gasteiger partial charge in [-0.1, -0.05) is 29.8 Å². The Labute approximate surface area is 170 Å². The van der Waals surface area contributed by atoms with E-state index in [9.17, 15) is 4.39 Å². The quantitative estimate of drug-likeness (QED) is 0.476. The largest absolute Gasteiger partial charge is 0.384 e. The number of nitrogens with zero attached hydrogens (tertiary/aromatic N) is 2. The van der Waals surface area contributed by atoms with Crippen molar-refractivity contribution < 1.29 is 4.39 Å². The molecule has 146 valence electrons. The Kier molecular flexibility index (Phi) is 7.01. The number of anilines is 1. The van der Waals surface area contributed by atoms with E-state index in [1.807, 2.05) is 36.4 Å². The molecular weight excluding hydrogens is 373 g/mol. The first-order chi connectivity index (χ1) is 13.5. The predicted octanol–water partition coefficient (Wildman–Crippen LogP) is 5.95. The van der Waals surface area contributed by atoms with Gasteiger partial charge in [0.1, 0.15) is 5.82 Å². The average Bonchev–Trinajstić information content (AvgIpc) is 2.67. The number of aromatic nitrogens is 1. The van der Waals surface area contributed by atoms with Crippen molar-refractivity contribution in [1.29, 1.82) is 0 Å². The van der Waals surface area contributed by atoms with E-state index in [4.69, 9.17) is 16.6 Å². The van der Waals surface area contributed by atoms with Crippen molar-refractivity contribution in [2.24, 2.45) is 0 Å². The Bertz CT molecular complexity index is 952. The molecule has 0 aliphatic heterocycles. The van der Waals surface area contributed by atoms with E-state index >= 15 is 0 Å². The zero-order valence-electron chi connectivity index (χ0n) is 16.3. The number of rotatable bonds is 8. The van der Waals surface area contributed by atoms with Gasteiger partial charge >= 0.3 is 0 Å². The summed E-state index contributed by atoms with van der Waals surface area (Å²) >= 11 is 6.20. The molecule has 1 aromatic heterocycles. The van der Waals surface area contributed by atoms with Crippen LogP contribution in [0.4, 0.5) is 10.1 Å². The van der Waals surface area contributed by atoms with Gasteiger partial charge in [-0.2, -0.15) is 0 Å². The molecule has 0 spiro atoms. The van der Waals surface area contributed by atoms with Crippen molar-refractivity contribution in [3.8, 4) is 0 Å². The van der Waals surface area contributed by atoms with Crippen LogP contribution in [-0.2, 0) is 0 Å². The number of pyridine rings is 1. The molecule has 0 bridgehead atoms. The molecule has 3 nitrogen and oxygen atoms in total. The molecule has 0 aliphatic rings. The lowest BCUT2D eigenvalue weighted by Gasteiger charge is -2.12. The molecule has 0 fully saturated rings. The molecular formula is C23H25ClFN3. The third-order valence-electron chi connectivity index (χ3n) is 4.45. The molecule has 2 aromatic carbocycles. The molecule has 5 heteroatoms. The number of hydrogen-bond donors (Lipinski definition) is 1. The number of unbranched alkanes of at least 4 members (excludes halogenated alkanes) is 1. The Balaban J connectivity index is 1.81. The molecule has 0 amide bonds. The second-order valence-electron chi connectivity index (χ2n) is 7.08. The van der Waals surface area contributed by atoms with Gasteiger partial charge in [-0.05, 0) is 81.5 Å². The molecule has 0 aliphatic carbocycles. The molecule has 1 heterocycles. The molecule has 0 radical (unpaired) electrons. The van der Waals surface area contributed by atoms with E-state index in [0.717, 1.165) is 53.8 Å². The number of hydrogen-bond acceptors (Lipinski definition) is 3. The van der Waals surface area contributed by atoms with Crippen LogP contribution in [0.1, 0.15) is 24.1 Å². The Hall–Kier alpha value is -2.43. The van der Waals surface area contributed by atoms with Crippen LogP contribution in [0.5, 0.6) is 0 Å². The highest BCUT2D eigenvalue weighted by Crippen LogP contribution is 2.27. The standard InChI is InChI=1S/C23H25ClFN3/c1-28(2)14-4-3-13-26-23-16-20(11-7-17-5-9-19(25)10-6-17)27-22-12-8-18(24)15-21(22)23/h5-12,15-16H,3-4,13-14H2,1-2H3,(H,26,27)/b11-7+. The zero-order valence-corrected chi connectivity index (χ0v) is 17.0. The summed E-state index contributed by atoms with van der Waals surface area (Å²) in [6, 6.07) is 14.2. The fourth-order valence-corrected chi connectivity index (χ4v) is 3.15. The van der Waals surface area contributed by atoms with Crippen molar-refractivity contribution >= 4 is 40.3 Å². The summed E-state index contributed by atoms with van der Waals surface area (Å²) in [6.07, 6.45) is 6.10. The van der Waals surface area contributed by atoms with E-state index in [0.29, 0.717) is 5.02 Å². The van der Waals surface area contributed by atoms with Crippen molar-refractivity contribution in [2.75, 3.05) is 32.5 Å². The molecule has 0 saturated carbocycles. The summed E-state index contributed by atoms with van der Waals surface area (Å²) < 4.78 is 13.1. The smallest absolute Gasteiger partial charge is 0.123 e. The first-order valence-electron chi connectivity index (χ1n) is 9.44. The van der Waals surface area contributed by atoms with Crippen LogP contribution in [0, 0.1) is 5.82 Å². The SMILES string of the molecule is CN(C)CCCCNc1cc(/C=C/c2ccc(F)cc2)nc2ccc(Cl)cc12. The van der Waals surface area contributed by atoms with Crippen LogP contribution in [0.2, 0.25) is 5.02 Å². The zero-order chi connectivity index (χ0) is 19.9. The van der Waals surface area contributed by atoms with Crippen molar-refractivity contribution in [2.45, 2.75) is 12.8 Å². The van der Waals surface area contributed by atoms with Gasteiger partial charge in [-0.15, -0.1) is 0 Å². The normalized spacial score (nSPS) is 11.6. The minimum atomic E-state index is -0.237. The third-order valence-corrected chi connectivity index (χ3v) is 4.69. The van der Waals surface area contributed by atoms with Crippen LogP contribution in [0.3, 0.4) is 0 Å². The average molecular weight is 398 g/mol. The second kappa shape index (κ2) is 9.67. The second-order valence-corrected chi connectivity index (χ2v) is 7.51. The third kappa shape index (κ3) is 5.78. The van der Waals surface area contributed by atoms with Gasteiger partial charge in [-0.25, -0.2) is 9.37 Å². The van der Waals surface area contributed by atoms with Gasteiger partial charge in [0, 0.05) is 22.6 Å². The Morgan fingerprint density at radius 1 is 1.04 bits per heavy atom. The molecule has 1 N–H and O–H groups in total. The van der Waals surface area contributed by atoms with Gasteiger partial charge in [0.2, 0.25) is 0 Å². The highest BCUT2D eigenvalue weighted by Gasteiger charge is 2.06. The fourth-order valence-electron chi connectivity index (χ4n) is 2.98. The first-order valence-corrected chi connectivity index (χ1v) is 9.81. The maximum atomic E-state index is 13.1. The van der Waals surface area contributed by atoms with E-state index in [1.54, 1.807) is 12.1 Å². The molecule has 0 saturated heterocycles. The van der Waals surface area contributed by atoms with Crippen molar-refractivity contribution in [1.82, 2.24) is 9.88 Å². The highest BCUT2D eigenvalue weighted by atomic mass is 35.5. The van der Waals surface area contributed by atoms with E-state index < -0.39 is 0 Å². The maximum absolute atomic E-state index is 13.1. The maximum Gasteiger partial charge on any atom is 0.123 e. The summed E-state index contributed by atoms with van der Waals surface area (Å²) in [4.78, 5) is 6.91. The van der Waals surface area contributed by atoms with Crippen LogP contribution < -0.4 is 5.32 Å². The van der Waals surface area contributed by atoms with Gasteiger partial charge < -0.3 is 10.2 Å². The van der Waals surface area contributed by atoms with Gasteiger partial charge in [0.15, 0.2) is 0 Å². The van der Waals surface area contributed by atoms with Crippen molar-refractivity contribution in [3.63, 3.8) is 0 Å². The minimum Gasteiger partial charge on any atom is -0.384 e. The van der Waals surface area contributed by atoms with E-state index in [1.165, 1.54) is 12.1 Å². The Morgan fingerprint density at radius 2 is 1.82 bits per heavy atom. The summed E-state index contributed by atoms with van der Waals surface area (Å²) in [5.41, 5.74) is 3.69. The van der Waals surface area contributed by atoms with Crippen LogP contribution in [0.15, 0.2) is 48.5 Å². The first kappa shape index (κ1) is 20.3. The predicted molar refractivity (Wildman–Crippen MR) is 118 cm³/mol. The van der Waals surface area contributed by atoms with Gasteiger partial charge in [0.25, 0.3) is 0 Å². The lowest BCUT2D eigenvalue weighted by molar-refractivity contribution is 0.396. The van der Waals surface area contributed by atoms with E-state index in [-0.39, 0.29) is 5.82 Å². The van der Waals surface area contributed by atoms with Crippen LogP contribution in [0.25, 0.3) is 23.1 Å². The summed E-state index contributed by atoms with van der Waals surface area (Å²) in [5.74, 6) is -0.237. The van der Waals surface area contributed by atoms with Crippen molar-refractivity contribution in [3.05, 3.63) is 70.6 Å². The lowest BCUT2D eigenvalue weighted by Crippen LogP contribution is -2.14. The molecule has 28 heavy (non-hydrogen) atoms. The summed E-state index contributed by atoms with van der Waals surface area (Å²) in [5, 5.41) is 5.24. The van der Waals surface area contributed by atoms with Gasteiger partial charge in [-0.3, -0.25) is 0 Å². The molecule has 3 aromatic rings. The monoisotopic (exact) mass is 397 g/mol. The highest BCUT2D eigenvalue weighted by molar-refractivity contribution is 6.31. The number of nitrogens with one attached hydrogen (secondary N) is 1. The fraction of sp³-hybridized carbons (Fsp3) is 0.261. The molecule has 0 atom stereocenters. The number of benzene rings is 2. The minimum absolute atomic E-state index is 0.237. The molecule has 0 unspecified atom stereocenters.